The summed E-state index contributed by atoms with van der Waals surface area (Å²) in [6, 6.07) is 1.88. The maximum absolute atomic E-state index is 10.6. The Kier molecular flexibility index (Phi) is 4.68. The summed E-state index contributed by atoms with van der Waals surface area (Å²) >= 11 is 3.43. The van der Waals surface area contributed by atoms with Crippen molar-refractivity contribution in [1.29, 1.82) is 0 Å². The minimum Gasteiger partial charge on any atom is -0.388 e. The molecule has 1 unspecified atom stereocenters. The third-order valence-electron chi connectivity index (χ3n) is 4.43. The highest BCUT2D eigenvalue weighted by molar-refractivity contribution is 9.10. The molecule has 2 heterocycles. The van der Waals surface area contributed by atoms with E-state index >= 15 is 0 Å². The molecule has 0 saturated heterocycles. The molecule has 0 spiro atoms. The van der Waals surface area contributed by atoms with Gasteiger partial charge in [-0.25, -0.2) is 9.50 Å². The van der Waals surface area contributed by atoms with Crippen molar-refractivity contribution in [3.05, 3.63) is 22.9 Å². The van der Waals surface area contributed by atoms with Crippen LogP contribution in [-0.4, -0.2) is 31.9 Å². The zero-order valence-corrected chi connectivity index (χ0v) is 14.5. The van der Waals surface area contributed by atoms with Crippen LogP contribution in [0, 0.1) is 5.92 Å². The minimum absolute atomic E-state index is 0.512. The van der Waals surface area contributed by atoms with Crippen molar-refractivity contribution in [3.63, 3.8) is 0 Å². The van der Waals surface area contributed by atoms with Crippen LogP contribution < -0.4 is 5.32 Å². The summed E-state index contributed by atoms with van der Waals surface area (Å²) in [5, 5.41) is 18.1. The van der Waals surface area contributed by atoms with Crippen LogP contribution >= 0.6 is 15.9 Å². The minimum atomic E-state index is -0.701. The van der Waals surface area contributed by atoms with E-state index in [1.807, 2.05) is 19.2 Å². The highest BCUT2D eigenvalue weighted by atomic mass is 79.9. The Balaban J connectivity index is 1.60. The van der Waals surface area contributed by atoms with Gasteiger partial charge in [0.2, 0.25) is 0 Å². The number of aliphatic hydroxyl groups is 1. The maximum atomic E-state index is 10.6. The Morgan fingerprint density at radius 1 is 1.41 bits per heavy atom. The summed E-state index contributed by atoms with van der Waals surface area (Å²) < 4.78 is 2.58. The number of aromatic nitrogens is 3. The largest absolute Gasteiger partial charge is 0.388 e. The molecule has 22 heavy (non-hydrogen) atoms. The normalized spacial score (nSPS) is 19.2. The molecule has 1 saturated carbocycles. The first-order valence-corrected chi connectivity index (χ1v) is 8.79. The van der Waals surface area contributed by atoms with Crippen LogP contribution in [0.2, 0.25) is 0 Å². The quantitative estimate of drug-likeness (QED) is 0.847. The van der Waals surface area contributed by atoms with Crippen LogP contribution in [0.15, 0.2) is 22.9 Å². The van der Waals surface area contributed by atoms with Gasteiger partial charge in [-0.3, -0.25) is 0 Å². The third kappa shape index (κ3) is 3.79. The van der Waals surface area contributed by atoms with Crippen molar-refractivity contribution in [2.75, 3.05) is 11.9 Å². The van der Waals surface area contributed by atoms with Crippen molar-refractivity contribution in [2.24, 2.45) is 5.92 Å². The van der Waals surface area contributed by atoms with Crippen LogP contribution in [0.4, 0.5) is 5.82 Å². The summed E-state index contributed by atoms with van der Waals surface area (Å²) in [6.07, 6.45) is 10.9. The highest BCUT2D eigenvalue weighted by Gasteiger charge is 2.26. The molecule has 0 bridgehead atoms. The first-order chi connectivity index (χ1) is 10.5. The number of fused-ring (bicyclic) bond motifs is 1. The second-order valence-corrected chi connectivity index (χ2v) is 7.49. The van der Waals surface area contributed by atoms with Crippen molar-refractivity contribution in [3.8, 4) is 0 Å². The summed E-state index contributed by atoms with van der Waals surface area (Å²) in [5.41, 5.74) is 0.0738. The van der Waals surface area contributed by atoms with Gasteiger partial charge in [0.15, 0.2) is 5.65 Å². The molecule has 1 atom stereocenters. The lowest BCUT2D eigenvalue weighted by Gasteiger charge is -2.31. The Morgan fingerprint density at radius 2 is 2.18 bits per heavy atom. The number of halogens is 1. The predicted molar refractivity (Wildman–Crippen MR) is 91.0 cm³/mol. The van der Waals surface area contributed by atoms with Crippen LogP contribution in [-0.2, 0) is 0 Å². The first-order valence-electron chi connectivity index (χ1n) is 8.00. The van der Waals surface area contributed by atoms with Gasteiger partial charge in [-0.1, -0.05) is 32.1 Å². The topological polar surface area (TPSA) is 62.5 Å². The van der Waals surface area contributed by atoms with E-state index in [0.717, 1.165) is 22.4 Å². The van der Waals surface area contributed by atoms with Crippen molar-refractivity contribution in [1.82, 2.24) is 14.6 Å². The second kappa shape index (κ2) is 6.54. The van der Waals surface area contributed by atoms with Gasteiger partial charge in [0.05, 0.1) is 16.3 Å². The SMILES string of the molecule is CC(O)(CNc1ccn2ncc(Br)c2n1)CC1CCCCC1. The molecule has 2 N–H and O–H groups in total. The van der Waals surface area contributed by atoms with Crippen molar-refractivity contribution >= 4 is 27.4 Å². The Hall–Kier alpha value is -1.14. The van der Waals surface area contributed by atoms with Gasteiger partial charge in [0.25, 0.3) is 0 Å². The van der Waals surface area contributed by atoms with E-state index in [1.165, 1.54) is 32.1 Å². The van der Waals surface area contributed by atoms with Gasteiger partial charge < -0.3 is 10.4 Å². The second-order valence-electron chi connectivity index (χ2n) is 6.63. The molecule has 5 nitrogen and oxygen atoms in total. The van der Waals surface area contributed by atoms with E-state index in [0.29, 0.717) is 12.5 Å². The Morgan fingerprint density at radius 3 is 2.95 bits per heavy atom. The fraction of sp³-hybridized carbons (Fsp3) is 0.625. The number of nitrogens with one attached hydrogen (secondary N) is 1. The maximum Gasteiger partial charge on any atom is 0.171 e. The van der Waals surface area contributed by atoms with E-state index in [-0.39, 0.29) is 0 Å². The molecule has 6 heteroatoms. The first kappa shape index (κ1) is 15.7. The molecule has 1 aliphatic carbocycles. The lowest BCUT2D eigenvalue weighted by atomic mass is 9.81. The molecule has 2 aromatic rings. The van der Waals surface area contributed by atoms with Crippen LogP contribution in [0.5, 0.6) is 0 Å². The van der Waals surface area contributed by atoms with Gasteiger partial charge in [-0.05, 0) is 41.3 Å². The zero-order valence-electron chi connectivity index (χ0n) is 12.9. The average molecular weight is 367 g/mol. The van der Waals surface area contributed by atoms with Gasteiger partial charge in [0, 0.05) is 12.7 Å². The summed E-state index contributed by atoms with van der Waals surface area (Å²) in [6.45, 7) is 2.43. The molecule has 1 fully saturated rings. The zero-order chi connectivity index (χ0) is 15.6. The highest BCUT2D eigenvalue weighted by Crippen LogP contribution is 2.30. The Bertz CT molecular complexity index is 634. The van der Waals surface area contributed by atoms with E-state index in [4.69, 9.17) is 0 Å². The molecule has 1 aliphatic rings. The van der Waals surface area contributed by atoms with E-state index in [9.17, 15) is 5.11 Å². The van der Waals surface area contributed by atoms with E-state index in [1.54, 1.807) is 10.7 Å². The smallest absolute Gasteiger partial charge is 0.171 e. The van der Waals surface area contributed by atoms with Gasteiger partial charge in [-0.15, -0.1) is 0 Å². The van der Waals surface area contributed by atoms with E-state index < -0.39 is 5.60 Å². The molecule has 3 rings (SSSR count). The number of hydrogen-bond acceptors (Lipinski definition) is 4. The van der Waals surface area contributed by atoms with E-state index in [2.05, 4.69) is 31.3 Å². The van der Waals surface area contributed by atoms with Crippen molar-refractivity contribution < 1.29 is 5.11 Å². The van der Waals surface area contributed by atoms with Crippen LogP contribution in [0.1, 0.15) is 45.4 Å². The molecule has 2 aromatic heterocycles. The number of rotatable bonds is 5. The van der Waals surface area contributed by atoms with Gasteiger partial charge in [0.1, 0.15) is 5.82 Å². The molecule has 0 amide bonds. The summed E-state index contributed by atoms with van der Waals surface area (Å²) in [4.78, 5) is 4.52. The molecule has 0 aromatic carbocycles. The summed E-state index contributed by atoms with van der Waals surface area (Å²) in [7, 11) is 0. The third-order valence-corrected chi connectivity index (χ3v) is 4.99. The number of nitrogens with zero attached hydrogens (tertiary/aromatic N) is 3. The van der Waals surface area contributed by atoms with Crippen LogP contribution in [0.3, 0.4) is 0 Å². The number of anilines is 1. The van der Waals surface area contributed by atoms with Crippen LogP contribution in [0.25, 0.3) is 5.65 Å². The standard InChI is InChI=1S/C16H23BrN4O/c1-16(22,9-12-5-3-2-4-6-12)11-18-14-7-8-21-15(20-14)13(17)10-19-21/h7-8,10,12,22H,2-6,9,11H2,1H3,(H,18,20). The molecular weight excluding hydrogens is 344 g/mol. The van der Waals surface area contributed by atoms with Crippen molar-refractivity contribution in [2.45, 2.75) is 51.0 Å². The number of hydrogen-bond donors (Lipinski definition) is 2. The van der Waals surface area contributed by atoms with Gasteiger partial charge >= 0.3 is 0 Å². The fourth-order valence-electron chi connectivity index (χ4n) is 3.31. The Labute approximate surface area is 139 Å². The van der Waals surface area contributed by atoms with Gasteiger partial charge in [-0.2, -0.15) is 5.10 Å². The molecular formula is C16H23BrN4O. The monoisotopic (exact) mass is 366 g/mol. The molecule has 0 radical (unpaired) electrons. The fourth-order valence-corrected chi connectivity index (χ4v) is 3.67. The average Bonchev–Trinajstić information content (AvgIpc) is 2.87. The lowest BCUT2D eigenvalue weighted by Crippen LogP contribution is -2.36. The molecule has 120 valence electrons. The predicted octanol–water partition coefficient (Wildman–Crippen LogP) is 3.63. The lowest BCUT2D eigenvalue weighted by molar-refractivity contribution is 0.0398. The summed E-state index contributed by atoms with van der Waals surface area (Å²) in [5.74, 6) is 1.42. The molecule has 0 aliphatic heterocycles.